The second-order valence-electron chi connectivity index (χ2n) is 5.39. The minimum atomic E-state index is -3.65. The second-order valence-corrected chi connectivity index (χ2v) is 8.66. The molecule has 0 aliphatic carbocycles. The Morgan fingerprint density at radius 1 is 1.00 bits per heavy atom. The topological polar surface area (TPSA) is 79.5 Å². The van der Waals surface area contributed by atoms with Gasteiger partial charge in [-0.15, -0.1) is 11.3 Å². The summed E-state index contributed by atoms with van der Waals surface area (Å²) in [5.41, 5.74) is 1.70. The summed E-state index contributed by atoms with van der Waals surface area (Å²) in [7, 11) is -2.06. The van der Waals surface area contributed by atoms with E-state index in [2.05, 4.69) is 15.4 Å². The van der Waals surface area contributed by atoms with Gasteiger partial charge in [0, 0.05) is 11.8 Å². The maximum absolute atomic E-state index is 12.5. The van der Waals surface area contributed by atoms with Crippen LogP contribution >= 0.6 is 23.6 Å². The van der Waals surface area contributed by atoms with E-state index >= 15 is 0 Å². The molecule has 0 saturated carbocycles. The van der Waals surface area contributed by atoms with Gasteiger partial charge in [0.2, 0.25) is 0 Å². The van der Waals surface area contributed by atoms with Gasteiger partial charge in [-0.3, -0.25) is 4.72 Å². The maximum Gasteiger partial charge on any atom is 0.271 e. The van der Waals surface area contributed by atoms with Gasteiger partial charge < -0.3 is 15.4 Å². The number of sulfonamides is 1. The van der Waals surface area contributed by atoms with E-state index < -0.39 is 10.0 Å². The van der Waals surface area contributed by atoms with Crippen molar-refractivity contribution in [1.29, 1.82) is 0 Å². The van der Waals surface area contributed by atoms with Crippen molar-refractivity contribution in [2.45, 2.75) is 4.21 Å². The van der Waals surface area contributed by atoms with Crippen LogP contribution in [0.25, 0.3) is 0 Å². The number of hydrogen-bond acceptors (Lipinski definition) is 5. The van der Waals surface area contributed by atoms with Gasteiger partial charge in [-0.2, -0.15) is 0 Å². The van der Waals surface area contributed by atoms with Gasteiger partial charge >= 0.3 is 0 Å². The number of methoxy groups -OCH3 is 1. The maximum atomic E-state index is 12.5. The Bertz CT molecular complexity index is 1030. The van der Waals surface area contributed by atoms with Crippen LogP contribution in [0.4, 0.5) is 17.1 Å². The van der Waals surface area contributed by atoms with E-state index in [1.165, 1.54) is 0 Å². The molecule has 27 heavy (non-hydrogen) atoms. The highest BCUT2D eigenvalue weighted by Gasteiger charge is 2.17. The molecule has 1 aromatic heterocycles. The third-order valence-corrected chi connectivity index (χ3v) is 6.47. The summed E-state index contributed by atoms with van der Waals surface area (Å²) in [4.78, 5) is 0. The Morgan fingerprint density at radius 3 is 2.48 bits per heavy atom. The number of rotatable bonds is 6. The van der Waals surface area contributed by atoms with Crippen LogP contribution in [0.3, 0.4) is 0 Å². The first-order valence-corrected chi connectivity index (χ1v) is 10.6. The first-order chi connectivity index (χ1) is 13.0. The fourth-order valence-electron chi connectivity index (χ4n) is 2.28. The normalized spacial score (nSPS) is 10.9. The summed E-state index contributed by atoms with van der Waals surface area (Å²) in [5.74, 6) is 0.701. The average Bonchev–Trinajstić information content (AvgIpc) is 3.19. The summed E-state index contributed by atoms with van der Waals surface area (Å²) in [6.07, 6.45) is 0. The lowest BCUT2D eigenvalue weighted by Crippen LogP contribution is -2.21. The molecular formula is C18H17N3O3S3. The van der Waals surface area contributed by atoms with E-state index in [-0.39, 0.29) is 4.21 Å². The van der Waals surface area contributed by atoms with Crippen molar-refractivity contribution in [2.75, 3.05) is 22.5 Å². The minimum absolute atomic E-state index is 0.245. The van der Waals surface area contributed by atoms with Crippen LogP contribution in [0.5, 0.6) is 5.75 Å². The van der Waals surface area contributed by atoms with E-state index in [1.807, 2.05) is 18.2 Å². The quantitative estimate of drug-likeness (QED) is 0.515. The lowest BCUT2D eigenvalue weighted by molar-refractivity contribution is 0.415. The highest BCUT2D eigenvalue weighted by atomic mass is 32.2. The van der Waals surface area contributed by atoms with Crippen LogP contribution in [0.15, 0.2) is 70.3 Å². The molecule has 0 atom stereocenters. The fourth-order valence-corrected chi connectivity index (χ4v) is 4.58. The first-order valence-electron chi connectivity index (χ1n) is 7.85. The highest BCUT2D eigenvalue weighted by Crippen LogP contribution is 2.26. The van der Waals surface area contributed by atoms with Crippen molar-refractivity contribution in [3.8, 4) is 5.75 Å². The molecule has 3 rings (SSSR count). The molecule has 6 nitrogen and oxygen atoms in total. The minimum Gasteiger partial charge on any atom is -0.497 e. The Balaban J connectivity index is 1.75. The zero-order valence-electron chi connectivity index (χ0n) is 14.3. The Labute approximate surface area is 167 Å². The summed E-state index contributed by atoms with van der Waals surface area (Å²) >= 11 is 6.49. The molecule has 0 aliphatic rings. The number of thiophene rings is 1. The summed E-state index contributed by atoms with van der Waals surface area (Å²) in [6.45, 7) is 0. The second kappa shape index (κ2) is 8.38. The number of para-hydroxylation sites is 2. The van der Waals surface area contributed by atoms with Gasteiger partial charge in [0.15, 0.2) is 5.11 Å². The number of thiocarbonyl (C=S) groups is 1. The van der Waals surface area contributed by atoms with Crippen molar-refractivity contribution in [3.05, 3.63) is 66.0 Å². The van der Waals surface area contributed by atoms with E-state index in [9.17, 15) is 8.42 Å². The number of nitrogens with one attached hydrogen (secondary N) is 3. The Morgan fingerprint density at radius 2 is 1.78 bits per heavy atom. The van der Waals surface area contributed by atoms with Gasteiger partial charge in [0.05, 0.1) is 18.5 Å². The van der Waals surface area contributed by atoms with Crippen LogP contribution in [-0.4, -0.2) is 20.6 Å². The van der Waals surface area contributed by atoms with E-state index in [4.69, 9.17) is 17.0 Å². The Hall–Kier alpha value is -2.62. The van der Waals surface area contributed by atoms with Gasteiger partial charge in [0.25, 0.3) is 10.0 Å². The van der Waals surface area contributed by atoms with E-state index in [0.717, 1.165) is 17.0 Å². The molecule has 0 fully saturated rings. The third-order valence-electron chi connectivity index (χ3n) is 3.51. The molecule has 1 heterocycles. The summed E-state index contributed by atoms with van der Waals surface area (Å²) < 4.78 is 33.0. The van der Waals surface area contributed by atoms with Gasteiger partial charge in [-0.05, 0) is 47.9 Å². The smallest absolute Gasteiger partial charge is 0.271 e. The predicted molar refractivity (Wildman–Crippen MR) is 114 cm³/mol. The highest BCUT2D eigenvalue weighted by molar-refractivity contribution is 7.94. The summed E-state index contributed by atoms with van der Waals surface area (Å²) in [6, 6.07) is 17.5. The Kier molecular flexibility index (Phi) is 5.94. The molecule has 3 N–H and O–H groups in total. The van der Waals surface area contributed by atoms with Crippen LogP contribution in [0, 0.1) is 0 Å². The molecule has 2 aromatic carbocycles. The molecule has 0 aliphatic heterocycles. The standard InChI is InChI=1S/C18H17N3O3S3/c1-24-14-7-4-6-13(12-14)19-18(25)20-15-8-2-3-9-16(15)21-27(22,23)17-10-5-11-26-17/h2-12,21H,1H3,(H2,19,20,25). The molecule has 9 heteroatoms. The zero-order chi connectivity index (χ0) is 19.3. The molecule has 3 aromatic rings. The molecular weight excluding hydrogens is 402 g/mol. The zero-order valence-corrected chi connectivity index (χ0v) is 16.7. The predicted octanol–water partition coefficient (Wildman–Crippen LogP) is 4.37. The van der Waals surface area contributed by atoms with Crippen LogP contribution in [0.2, 0.25) is 0 Å². The molecule has 0 saturated heterocycles. The number of anilines is 3. The van der Waals surface area contributed by atoms with Gasteiger partial charge in [-0.25, -0.2) is 8.42 Å². The molecule has 0 bridgehead atoms. The molecule has 140 valence electrons. The SMILES string of the molecule is COc1cccc(NC(=S)Nc2ccccc2NS(=O)(=O)c2cccs2)c1. The monoisotopic (exact) mass is 419 g/mol. The third kappa shape index (κ3) is 4.97. The molecule has 0 radical (unpaired) electrons. The summed E-state index contributed by atoms with van der Waals surface area (Å²) in [5, 5.41) is 8.11. The van der Waals surface area contributed by atoms with Crippen molar-refractivity contribution in [1.82, 2.24) is 0 Å². The largest absolute Gasteiger partial charge is 0.497 e. The van der Waals surface area contributed by atoms with Gasteiger partial charge in [0.1, 0.15) is 9.96 Å². The van der Waals surface area contributed by atoms with Crippen LogP contribution in [-0.2, 0) is 10.0 Å². The van der Waals surface area contributed by atoms with E-state index in [1.54, 1.807) is 55.0 Å². The average molecular weight is 420 g/mol. The molecule has 0 unspecified atom stereocenters. The van der Waals surface area contributed by atoms with Crippen molar-refractivity contribution in [3.63, 3.8) is 0 Å². The lowest BCUT2D eigenvalue weighted by Gasteiger charge is -2.15. The van der Waals surface area contributed by atoms with Gasteiger partial charge in [-0.1, -0.05) is 24.3 Å². The van der Waals surface area contributed by atoms with Crippen molar-refractivity contribution in [2.24, 2.45) is 0 Å². The number of benzene rings is 2. The number of ether oxygens (including phenoxy) is 1. The van der Waals surface area contributed by atoms with Crippen molar-refractivity contribution < 1.29 is 13.2 Å². The molecule has 0 spiro atoms. The lowest BCUT2D eigenvalue weighted by atomic mass is 10.3. The van der Waals surface area contributed by atoms with Crippen LogP contribution < -0.4 is 20.1 Å². The molecule has 0 amide bonds. The first kappa shape index (κ1) is 19.2. The van der Waals surface area contributed by atoms with Crippen molar-refractivity contribution >= 4 is 55.8 Å². The number of hydrogen-bond donors (Lipinski definition) is 3. The van der Waals surface area contributed by atoms with Crippen LogP contribution in [0.1, 0.15) is 0 Å². The van der Waals surface area contributed by atoms with E-state index in [0.29, 0.717) is 22.2 Å². The fraction of sp³-hybridized carbons (Fsp3) is 0.0556.